The number of sulfonamides is 1. The van der Waals surface area contributed by atoms with Crippen LogP contribution in [-0.4, -0.2) is 30.3 Å². The smallest absolute Gasteiger partial charge is 0.251 e. The summed E-state index contributed by atoms with van der Waals surface area (Å²) in [7, 11) is -3.62. The standard InChI is InChI=1S/C22H24N4O3S/c1-2-19(21-23-14-20(24-21)15-7-4-3-5-8-15)25-22(27)16-9-6-10-18(13-16)30(28,29)26-17-11-12-17/h3-10,13-14,17,19,26H,2,11-12H2,1H3,(H,23,24)(H,25,27). The summed E-state index contributed by atoms with van der Waals surface area (Å²) < 4.78 is 27.5. The molecule has 1 amide bonds. The van der Waals surface area contributed by atoms with Crippen LogP contribution in [0.2, 0.25) is 0 Å². The van der Waals surface area contributed by atoms with E-state index in [1.165, 1.54) is 12.1 Å². The number of H-pyrrole nitrogens is 1. The highest BCUT2D eigenvalue weighted by Crippen LogP contribution is 2.23. The van der Waals surface area contributed by atoms with Crippen LogP contribution in [0.5, 0.6) is 0 Å². The van der Waals surface area contributed by atoms with Gasteiger partial charge in [-0.1, -0.05) is 43.3 Å². The number of imidazole rings is 1. The monoisotopic (exact) mass is 424 g/mol. The molecule has 156 valence electrons. The number of amides is 1. The molecule has 1 aliphatic rings. The summed E-state index contributed by atoms with van der Waals surface area (Å²) in [5.74, 6) is 0.312. The molecule has 1 saturated carbocycles. The second kappa shape index (κ2) is 8.41. The SMILES string of the molecule is CCC(NC(=O)c1cccc(S(=O)(=O)NC2CC2)c1)c1ncc(-c2ccccc2)[nH]1. The molecule has 8 heteroatoms. The summed E-state index contributed by atoms with van der Waals surface area (Å²) in [4.78, 5) is 20.6. The number of rotatable bonds is 8. The first-order valence-electron chi connectivity index (χ1n) is 10.00. The molecule has 1 unspecified atom stereocenters. The summed E-state index contributed by atoms with van der Waals surface area (Å²) in [6, 6.07) is 15.6. The highest BCUT2D eigenvalue weighted by atomic mass is 32.2. The number of nitrogens with zero attached hydrogens (tertiary/aromatic N) is 1. The lowest BCUT2D eigenvalue weighted by Crippen LogP contribution is -2.29. The van der Waals surface area contributed by atoms with Gasteiger partial charge in [-0.3, -0.25) is 4.79 Å². The van der Waals surface area contributed by atoms with Crippen LogP contribution < -0.4 is 10.0 Å². The summed E-state index contributed by atoms with van der Waals surface area (Å²) in [5, 5.41) is 2.95. The minimum absolute atomic E-state index is 0.00900. The van der Waals surface area contributed by atoms with Crippen LogP contribution in [0.1, 0.15) is 48.4 Å². The van der Waals surface area contributed by atoms with E-state index < -0.39 is 10.0 Å². The van der Waals surface area contributed by atoms with E-state index in [-0.39, 0.29) is 22.9 Å². The Balaban J connectivity index is 1.50. The van der Waals surface area contributed by atoms with Gasteiger partial charge in [-0.2, -0.15) is 0 Å². The second-order valence-electron chi connectivity index (χ2n) is 7.41. The van der Waals surface area contributed by atoms with Crippen molar-refractivity contribution >= 4 is 15.9 Å². The Kier molecular flexibility index (Phi) is 5.69. The van der Waals surface area contributed by atoms with Crippen LogP contribution in [0.3, 0.4) is 0 Å². The molecule has 3 aromatic rings. The number of carbonyl (C=O) groups is 1. The van der Waals surface area contributed by atoms with Gasteiger partial charge in [0.05, 0.1) is 22.8 Å². The lowest BCUT2D eigenvalue weighted by atomic mass is 10.1. The van der Waals surface area contributed by atoms with Gasteiger partial charge in [0, 0.05) is 11.6 Å². The van der Waals surface area contributed by atoms with Crippen LogP contribution in [0.15, 0.2) is 65.7 Å². The van der Waals surface area contributed by atoms with Crippen LogP contribution in [0.25, 0.3) is 11.3 Å². The van der Waals surface area contributed by atoms with Crippen molar-refractivity contribution in [2.75, 3.05) is 0 Å². The van der Waals surface area contributed by atoms with E-state index in [1.807, 2.05) is 37.3 Å². The minimum atomic E-state index is -3.62. The van der Waals surface area contributed by atoms with E-state index in [0.29, 0.717) is 17.8 Å². The molecular formula is C22H24N4O3S. The van der Waals surface area contributed by atoms with Crippen molar-refractivity contribution in [3.63, 3.8) is 0 Å². The van der Waals surface area contributed by atoms with Crippen molar-refractivity contribution in [1.82, 2.24) is 20.0 Å². The third-order valence-corrected chi connectivity index (χ3v) is 6.55. The number of hydrogen-bond donors (Lipinski definition) is 3. The van der Waals surface area contributed by atoms with Gasteiger partial charge >= 0.3 is 0 Å². The molecule has 1 aromatic heterocycles. The van der Waals surface area contributed by atoms with Crippen molar-refractivity contribution in [1.29, 1.82) is 0 Å². The average Bonchev–Trinajstić information content (AvgIpc) is 3.43. The zero-order chi connectivity index (χ0) is 21.1. The van der Waals surface area contributed by atoms with Crippen LogP contribution in [-0.2, 0) is 10.0 Å². The van der Waals surface area contributed by atoms with Crippen molar-refractivity contribution in [2.24, 2.45) is 0 Å². The fourth-order valence-corrected chi connectivity index (χ4v) is 4.53. The number of benzene rings is 2. The summed E-state index contributed by atoms with van der Waals surface area (Å²) >= 11 is 0. The van der Waals surface area contributed by atoms with Gasteiger partial charge in [-0.15, -0.1) is 0 Å². The van der Waals surface area contributed by atoms with Crippen molar-refractivity contribution in [2.45, 2.75) is 43.2 Å². The van der Waals surface area contributed by atoms with Gasteiger partial charge in [0.2, 0.25) is 10.0 Å². The largest absolute Gasteiger partial charge is 0.342 e. The predicted octanol–water partition coefficient (Wildman–Crippen LogP) is 3.40. The number of nitrogens with one attached hydrogen (secondary N) is 3. The van der Waals surface area contributed by atoms with Crippen LogP contribution in [0, 0.1) is 0 Å². The molecule has 0 spiro atoms. The molecule has 1 heterocycles. The maximum absolute atomic E-state index is 12.8. The Morgan fingerprint density at radius 1 is 1.17 bits per heavy atom. The quantitative estimate of drug-likeness (QED) is 0.515. The molecule has 1 fully saturated rings. The first-order chi connectivity index (χ1) is 14.5. The van der Waals surface area contributed by atoms with Crippen molar-refractivity contribution in [3.05, 3.63) is 72.2 Å². The van der Waals surface area contributed by atoms with Crippen molar-refractivity contribution < 1.29 is 13.2 Å². The molecular weight excluding hydrogens is 400 g/mol. The molecule has 1 aliphatic carbocycles. The van der Waals surface area contributed by atoms with E-state index in [2.05, 4.69) is 20.0 Å². The fraction of sp³-hybridized carbons (Fsp3) is 0.273. The average molecular weight is 425 g/mol. The molecule has 4 rings (SSSR count). The Bertz CT molecular complexity index is 1140. The van der Waals surface area contributed by atoms with Gasteiger partial charge in [0.25, 0.3) is 5.91 Å². The first kappa shape index (κ1) is 20.3. The number of carbonyl (C=O) groups excluding carboxylic acids is 1. The summed E-state index contributed by atoms with van der Waals surface area (Å²) in [6.07, 6.45) is 4.09. The molecule has 2 aromatic carbocycles. The zero-order valence-corrected chi connectivity index (χ0v) is 17.4. The van der Waals surface area contributed by atoms with Crippen LogP contribution in [0.4, 0.5) is 0 Å². The topological polar surface area (TPSA) is 104 Å². The normalized spacial score (nSPS) is 15.0. The fourth-order valence-electron chi connectivity index (χ4n) is 3.18. The Hall–Kier alpha value is -2.97. The van der Waals surface area contributed by atoms with Gasteiger partial charge in [0.15, 0.2) is 0 Å². The van der Waals surface area contributed by atoms with E-state index >= 15 is 0 Å². The van der Waals surface area contributed by atoms with Gasteiger partial charge in [-0.05, 0) is 43.0 Å². The Morgan fingerprint density at radius 2 is 1.93 bits per heavy atom. The summed E-state index contributed by atoms with van der Waals surface area (Å²) in [6.45, 7) is 1.95. The number of aromatic amines is 1. The second-order valence-corrected chi connectivity index (χ2v) is 9.12. The maximum atomic E-state index is 12.8. The lowest BCUT2D eigenvalue weighted by Gasteiger charge is -2.15. The number of hydrogen-bond acceptors (Lipinski definition) is 4. The zero-order valence-electron chi connectivity index (χ0n) is 16.6. The minimum Gasteiger partial charge on any atom is -0.342 e. The molecule has 0 bridgehead atoms. The number of aromatic nitrogens is 2. The Labute approximate surface area is 176 Å². The first-order valence-corrected chi connectivity index (χ1v) is 11.5. The highest BCUT2D eigenvalue weighted by molar-refractivity contribution is 7.89. The van der Waals surface area contributed by atoms with Crippen LogP contribution >= 0.6 is 0 Å². The summed E-state index contributed by atoms with van der Waals surface area (Å²) in [5.41, 5.74) is 2.18. The third kappa shape index (κ3) is 4.60. The molecule has 0 radical (unpaired) electrons. The van der Waals surface area contributed by atoms with E-state index in [4.69, 9.17) is 0 Å². The Morgan fingerprint density at radius 3 is 2.63 bits per heavy atom. The predicted molar refractivity (Wildman–Crippen MR) is 114 cm³/mol. The third-order valence-electron chi connectivity index (χ3n) is 5.03. The maximum Gasteiger partial charge on any atom is 0.251 e. The molecule has 0 aliphatic heterocycles. The van der Waals surface area contributed by atoms with Gasteiger partial charge in [0.1, 0.15) is 5.82 Å². The van der Waals surface area contributed by atoms with E-state index in [0.717, 1.165) is 24.1 Å². The molecule has 0 saturated heterocycles. The molecule has 30 heavy (non-hydrogen) atoms. The molecule has 3 N–H and O–H groups in total. The van der Waals surface area contributed by atoms with Gasteiger partial charge in [-0.25, -0.2) is 18.1 Å². The highest BCUT2D eigenvalue weighted by Gasteiger charge is 2.28. The van der Waals surface area contributed by atoms with E-state index in [9.17, 15) is 13.2 Å². The lowest BCUT2D eigenvalue weighted by molar-refractivity contribution is 0.0933. The van der Waals surface area contributed by atoms with Crippen molar-refractivity contribution in [3.8, 4) is 11.3 Å². The molecule has 7 nitrogen and oxygen atoms in total. The van der Waals surface area contributed by atoms with E-state index in [1.54, 1.807) is 18.3 Å². The molecule has 1 atom stereocenters. The van der Waals surface area contributed by atoms with Gasteiger partial charge < -0.3 is 10.3 Å².